The second-order valence-electron chi connectivity index (χ2n) is 3.06. The largest absolute Gasteiger partial charge is 0.334 e. The number of Topliss-reactive ketones (excluding diaryl/α,β-unsaturated/α-hetero) is 2. The van der Waals surface area contributed by atoms with E-state index in [1.807, 2.05) is 12.8 Å². The maximum atomic E-state index is 11.2. The molecule has 0 bridgehead atoms. The standard InChI is InChI=1S/C7H12BNO2/c1-5(10)7-6(11)3-2-4-9(7)8/h7H,2-4,8H2,1H3. The predicted octanol–water partition coefficient (Wildman–Crippen LogP) is -0.843. The molecule has 60 valence electrons. The third-order valence-electron chi connectivity index (χ3n) is 2.06. The van der Waals surface area contributed by atoms with E-state index in [4.69, 9.17) is 0 Å². The van der Waals surface area contributed by atoms with E-state index in [9.17, 15) is 9.59 Å². The van der Waals surface area contributed by atoms with E-state index in [1.165, 1.54) is 6.92 Å². The molecule has 1 heterocycles. The molecule has 3 nitrogen and oxygen atoms in total. The van der Waals surface area contributed by atoms with E-state index < -0.39 is 6.04 Å². The zero-order chi connectivity index (χ0) is 8.43. The lowest BCUT2D eigenvalue weighted by atomic mass is 9.95. The highest BCUT2D eigenvalue weighted by atomic mass is 16.2. The first-order chi connectivity index (χ1) is 5.13. The Hall–Kier alpha value is -0.635. The molecule has 1 rings (SSSR count). The number of carbonyl (C=O) groups excluding carboxylic acids is 2. The lowest BCUT2D eigenvalue weighted by Crippen LogP contribution is -2.48. The van der Waals surface area contributed by atoms with E-state index in [0.717, 1.165) is 13.0 Å². The van der Waals surface area contributed by atoms with Crippen molar-refractivity contribution < 1.29 is 9.59 Å². The van der Waals surface area contributed by atoms with Crippen molar-refractivity contribution in [2.75, 3.05) is 6.54 Å². The second-order valence-corrected chi connectivity index (χ2v) is 3.06. The maximum absolute atomic E-state index is 11.2. The van der Waals surface area contributed by atoms with Crippen LogP contribution >= 0.6 is 0 Å². The molecule has 1 unspecified atom stereocenters. The summed E-state index contributed by atoms with van der Waals surface area (Å²) in [6, 6.07) is -0.455. The first-order valence-electron chi connectivity index (χ1n) is 3.86. The summed E-state index contributed by atoms with van der Waals surface area (Å²) in [4.78, 5) is 24.0. The van der Waals surface area contributed by atoms with Gasteiger partial charge in [-0.15, -0.1) is 0 Å². The van der Waals surface area contributed by atoms with Crippen LogP contribution in [0.15, 0.2) is 0 Å². The number of ketones is 2. The van der Waals surface area contributed by atoms with E-state index in [0.29, 0.717) is 6.42 Å². The zero-order valence-corrected chi connectivity index (χ0v) is 6.96. The van der Waals surface area contributed by atoms with Crippen LogP contribution in [0.2, 0.25) is 0 Å². The van der Waals surface area contributed by atoms with Gasteiger partial charge in [0.2, 0.25) is 0 Å². The minimum absolute atomic E-state index is 0.0304. The van der Waals surface area contributed by atoms with Crippen LogP contribution in [0.25, 0.3) is 0 Å². The molecular weight excluding hydrogens is 141 g/mol. The van der Waals surface area contributed by atoms with Crippen LogP contribution in [0.1, 0.15) is 19.8 Å². The van der Waals surface area contributed by atoms with Gasteiger partial charge in [0.05, 0.1) is 0 Å². The van der Waals surface area contributed by atoms with Gasteiger partial charge in [-0.05, 0) is 19.9 Å². The average molecular weight is 153 g/mol. The summed E-state index contributed by atoms with van der Waals surface area (Å²) in [6.45, 7) is 2.33. The fraction of sp³-hybridized carbons (Fsp3) is 0.714. The number of hydrogen-bond donors (Lipinski definition) is 0. The van der Waals surface area contributed by atoms with Gasteiger partial charge in [-0.2, -0.15) is 0 Å². The smallest absolute Gasteiger partial charge is 0.186 e. The van der Waals surface area contributed by atoms with Gasteiger partial charge in [-0.1, -0.05) is 0 Å². The van der Waals surface area contributed by atoms with Crippen LogP contribution in [0.3, 0.4) is 0 Å². The van der Waals surface area contributed by atoms with Gasteiger partial charge in [-0.25, -0.2) is 0 Å². The molecule has 1 aliphatic heterocycles. The van der Waals surface area contributed by atoms with E-state index in [2.05, 4.69) is 0 Å². The molecule has 0 amide bonds. The Morgan fingerprint density at radius 2 is 2.36 bits per heavy atom. The molecule has 0 aromatic carbocycles. The van der Waals surface area contributed by atoms with Crippen LogP contribution in [-0.2, 0) is 9.59 Å². The summed E-state index contributed by atoms with van der Waals surface area (Å²) < 4.78 is 0. The third-order valence-corrected chi connectivity index (χ3v) is 2.06. The highest BCUT2D eigenvalue weighted by Gasteiger charge is 2.29. The second kappa shape index (κ2) is 3.18. The van der Waals surface area contributed by atoms with Crippen molar-refractivity contribution in [1.82, 2.24) is 4.81 Å². The highest BCUT2D eigenvalue weighted by Crippen LogP contribution is 2.11. The lowest BCUT2D eigenvalue weighted by molar-refractivity contribution is -0.133. The Labute approximate surface area is 67.2 Å². The summed E-state index contributed by atoms with van der Waals surface area (Å²) in [5.41, 5.74) is 0. The Kier molecular flexibility index (Phi) is 2.44. The summed E-state index contributed by atoms with van der Waals surface area (Å²) in [7, 11) is 1.82. The van der Waals surface area contributed by atoms with Crippen LogP contribution in [0.4, 0.5) is 0 Å². The fourth-order valence-electron chi connectivity index (χ4n) is 1.55. The number of piperidine rings is 1. The fourth-order valence-corrected chi connectivity index (χ4v) is 1.55. The average Bonchev–Trinajstić information content (AvgIpc) is 1.85. The van der Waals surface area contributed by atoms with Crippen LogP contribution in [0, 0.1) is 0 Å². The van der Waals surface area contributed by atoms with Crippen molar-refractivity contribution in [3.8, 4) is 0 Å². The Morgan fingerprint density at radius 3 is 2.73 bits per heavy atom. The van der Waals surface area contributed by atoms with Crippen molar-refractivity contribution >= 4 is 19.5 Å². The number of carbonyl (C=O) groups is 2. The number of rotatable bonds is 1. The molecule has 11 heavy (non-hydrogen) atoms. The van der Waals surface area contributed by atoms with Gasteiger partial charge in [0, 0.05) is 6.42 Å². The molecule has 0 N–H and O–H groups in total. The van der Waals surface area contributed by atoms with Gasteiger partial charge >= 0.3 is 0 Å². The minimum atomic E-state index is -0.455. The third kappa shape index (κ3) is 1.68. The summed E-state index contributed by atoms with van der Waals surface area (Å²) in [6.07, 6.45) is 1.45. The molecule has 1 saturated heterocycles. The normalized spacial score (nSPS) is 27.0. The first kappa shape index (κ1) is 8.46. The van der Waals surface area contributed by atoms with Gasteiger partial charge in [0.1, 0.15) is 6.04 Å². The molecule has 0 aromatic rings. The van der Waals surface area contributed by atoms with E-state index in [1.54, 1.807) is 0 Å². The van der Waals surface area contributed by atoms with Crippen LogP contribution < -0.4 is 0 Å². The molecule has 0 radical (unpaired) electrons. The lowest BCUT2D eigenvalue weighted by Gasteiger charge is -2.29. The SMILES string of the molecule is BN1CCCC(=O)C1C(C)=O. The molecular formula is C7H12BNO2. The van der Waals surface area contributed by atoms with Crippen LogP contribution in [0.5, 0.6) is 0 Å². The van der Waals surface area contributed by atoms with Crippen LogP contribution in [-0.4, -0.2) is 36.9 Å². The summed E-state index contributed by atoms with van der Waals surface area (Å²) in [5.74, 6) is 0.0449. The van der Waals surface area contributed by atoms with Gasteiger partial charge < -0.3 is 4.81 Å². The Balaban J connectivity index is 2.70. The number of hydrogen-bond acceptors (Lipinski definition) is 3. The molecule has 1 fully saturated rings. The van der Waals surface area contributed by atoms with Crippen molar-refractivity contribution in [3.05, 3.63) is 0 Å². The summed E-state index contributed by atoms with van der Waals surface area (Å²) >= 11 is 0. The van der Waals surface area contributed by atoms with Crippen molar-refractivity contribution in [3.63, 3.8) is 0 Å². The zero-order valence-electron chi connectivity index (χ0n) is 6.96. The topological polar surface area (TPSA) is 37.4 Å². The molecule has 0 spiro atoms. The molecule has 1 atom stereocenters. The monoisotopic (exact) mass is 153 g/mol. The Morgan fingerprint density at radius 1 is 1.73 bits per heavy atom. The summed E-state index contributed by atoms with van der Waals surface area (Å²) in [5, 5.41) is 0. The molecule has 1 aliphatic rings. The van der Waals surface area contributed by atoms with Crippen molar-refractivity contribution in [2.24, 2.45) is 0 Å². The minimum Gasteiger partial charge on any atom is -0.334 e. The van der Waals surface area contributed by atoms with Gasteiger partial charge in [-0.3, -0.25) is 9.59 Å². The van der Waals surface area contributed by atoms with E-state index in [-0.39, 0.29) is 11.6 Å². The first-order valence-corrected chi connectivity index (χ1v) is 3.86. The molecule has 0 aliphatic carbocycles. The van der Waals surface area contributed by atoms with E-state index >= 15 is 0 Å². The Bertz CT molecular complexity index is 193. The molecule has 0 saturated carbocycles. The quantitative estimate of drug-likeness (QED) is 0.364. The highest BCUT2D eigenvalue weighted by molar-refractivity contribution is 6.14. The molecule has 0 aromatic heterocycles. The van der Waals surface area contributed by atoms with Gasteiger partial charge in [0.15, 0.2) is 19.5 Å². The van der Waals surface area contributed by atoms with Crippen molar-refractivity contribution in [1.29, 1.82) is 0 Å². The molecule has 4 heteroatoms. The van der Waals surface area contributed by atoms with Gasteiger partial charge in [0.25, 0.3) is 0 Å². The number of nitrogens with zero attached hydrogens (tertiary/aromatic N) is 1. The van der Waals surface area contributed by atoms with Crippen molar-refractivity contribution in [2.45, 2.75) is 25.8 Å². The maximum Gasteiger partial charge on any atom is 0.186 e. The predicted molar refractivity (Wildman–Crippen MR) is 44.0 cm³/mol.